The molecule has 104 valence electrons. The van der Waals surface area contributed by atoms with Gasteiger partial charge in [-0.3, -0.25) is 15.1 Å². The highest BCUT2D eigenvalue weighted by Crippen LogP contribution is 2.28. The fourth-order valence-corrected chi connectivity index (χ4v) is 2.44. The lowest BCUT2D eigenvalue weighted by molar-refractivity contribution is -0.384. The maximum absolute atomic E-state index is 10.8. The fraction of sp³-hybridized carbons (Fsp3) is 0. The molecule has 0 spiro atoms. The van der Waals surface area contributed by atoms with E-state index in [1.807, 2.05) is 24.3 Å². The average Bonchev–Trinajstić information content (AvgIpc) is 2.48. The molecule has 0 radical (unpaired) electrons. The number of benzene rings is 2. The first-order valence-corrected chi connectivity index (χ1v) is 6.98. The molecule has 2 aromatic carbocycles. The highest BCUT2D eigenvalue weighted by atomic mass is 79.9. The minimum Gasteiger partial charge on any atom is -0.355 e. The normalized spacial score (nSPS) is 10.5. The number of fused-ring (bicyclic) bond motifs is 1. The van der Waals surface area contributed by atoms with Gasteiger partial charge in [-0.05, 0) is 30.3 Å². The molecule has 0 bridgehead atoms. The van der Waals surface area contributed by atoms with Crippen LogP contribution >= 0.6 is 15.9 Å². The van der Waals surface area contributed by atoms with Crippen molar-refractivity contribution in [2.24, 2.45) is 0 Å². The quantitative estimate of drug-likeness (QED) is 0.555. The Balaban J connectivity index is 2.04. The summed E-state index contributed by atoms with van der Waals surface area (Å²) in [7, 11) is 0. The van der Waals surface area contributed by atoms with Crippen molar-refractivity contribution in [2.45, 2.75) is 0 Å². The van der Waals surface area contributed by atoms with Crippen molar-refractivity contribution in [1.29, 1.82) is 0 Å². The highest BCUT2D eigenvalue weighted by Gasteiger charge is 2.07. The Hall–Kier alpha value is -2.47. The number of anilines is 2. The summed E-state index contributed by atoms with van der Waals surface area (Å²) in [5.74, 6) is 0. The van der Waals surface area contributed by atoms with Crippen molar-refractivity contribution >= 4 is 43.9 Å². The second-order valence-corrected chi connectivity index (χ2v) is 5.37. The van der Waals surface area contributed by atoms with E-state index in [0.29, 0.717) is 5.69 Å². The van der Waals surface area contributed by atoms with Crippen LogP contribution in [0.15, 0.2) is 59.2 Å². The molecule has 6 heteroatoms. The van der Waals surface area contributed by atoms with Crippen molar-refractivity contribution in [3.8, 4) is 0 Å². The van der Waals surface area contributed by atoms with Gasteiger partial charge in [0, 0.05) is 39.6 Å². The summed E-state index contributed by atoms with van der Waals surface area (Å²) in [4.78, 5) is 14.7. The van der Waals surface area contributed by atoms with E-state index in [4.69, 9.17) is 0 Å². The van der Waals surface area contributed by atoms with Crippen molar-refractivity contribution in [1.82, 2.24) is 4.98 Å². The summed E-state index contributed by atoms with van der Waals surface area (Å²) in [6.07, 6.45) is 1.70. The molecular weight excluding hydrogens is 334 g/mol. The van der Waals surface area contributed by atoms with Crippen LogP contribution in [-0.2, 0) is 0 Å². The monoisotopic (exact) mass is 343 g/mol. The molecule has 0 fully saturated rings. The van der Waals surface area contributed by atoms with Crippen LogP contribution in [0, 0.1) is 10.1 Å². The Bertz CT molecular complexity index is 836. The number of non-ortho nitro benzene ring substituents is 1. The lowest BCUT2D eigenvalue weighted by Crippen LogP contribution is -1.94. The zero-order valence-corrected chi connectivity index (χ0v) is 12.4. The average molecular weight is 344 g/mol. The summed E-state index contributed by atoms with van der Waals surface area (Å²) >= 11 is 3.44. The number of halogens is 1. The summed E-state index contributed by atoms with van der Waals surface area (Å²) in [6, 6.07) is 14.0. The number of nitrogens with one attached hydrogen (secondary N) is 1. The SMILES string of the molecule is O=[N+]([O-])c1cccc(Nc2ccnc3ccc(Br)cc23)c1. The number of hydrogen-bond donors (Lipinski definition) is 1. The second kappa shape index (κ2) is 5.49. The first-order valence-electron chi connectivity index (χ1n) is 6.19. The zero-order chi connectivity index (χ0) is 14.8. The number of aromatic nitrogens is 1. The predicted octanol–water partition coefficient (Wildman–Crippen LogP) is 4.65. The number of rotatable bonds is 3. The number of hydrogen-bond acceptors (Lipinski definition) is 4. The number of pyridine rings is 1. The topological polar surface area (TPSA) is 68.1 Å². The fourth-order valence-electron chi connectivity index (χ4n) is 2.08. The molecule has 3 rings (SSSR count). The van der Waals surface area contributed by atoms with Gasteiger partial charge in [-0.15, -0.1) is 0 Å². The zero-order valence-electron chi connectivity index (χ0n) is 10.8. The van der Waals surface area contributed by atoms with Crippen LogP contribution in [0.4, 0.5) is 17.1 Å². The molecule has 0 saturated carbocycles. The van der Waals surface area contributed by atoms with Gasteiger partial charge in [0.2, 0.25) is 0 Å². The van der Waals surface area contributed by atoms with Gasteiger partial charge >= 0.3 is 0 Å². The van der Waals surface area contributed by atoms with E-state index in [1.54, 1.807) is 18.3 Å². The molecule has 0 aliphatic rings. The van der Waals surface area contributed by atoms with Gasteiger partial charge in [0.15, 0.2) is 0 Å². The Morgan fingerprint density at radius 2 is 2.00 bits per heavy atom. The smallest absolute Gasteiger partial charge is 0.271 e. The molecule has 5 nitrogen and oxygen atoms in total. The molecule has 3 aromatic rings. The van der Waals surface area contributed by atoms with E-state index in [2.05, 4.69) is 26.2 Å². The van der Waals surface area contributed by atoms with Crippen molar-refractivity contribution in [2.75, 3.05) is 5.32 Å². The highest BCUT2D eigenvalue weighted by molar-refractivity contribution is 9.10. The van der Waals surface area contributed by atoms with Crippen LogP contribution in [0.5, 0.6) is 0 Å². The molecule has 0 saturated heterocycles. The third-order valence-electron chi connectivity index (χ3n) is 3.04. The molecule has 0 unspecified atom stereocenters. The first-order chi connectivity index (χ1) is 10.1. The van der Waals surface area contributed by atoms with Crippen LogP contribution in [0.25, 0.3) is 10.9 Å². The second-order valence-electron chi connectivity index (χ2n) is 4.45. The third kappa shape index (κ3) is 2.85. The lowest BCUT2D eigenvalue weighted by atomic mass is 10.2. The van der Waals surface area contributed by atoms with Gasteiger partial charge in [-0.25, -0.2) is 0 Å². The molecule has 0 aliphatic carbocycles. The Labute approximate surface area is 128 Å². The summed E-state index contributed by atoms with van der Waals surface area (Å²) < 4.78 is 0.949. The minimum absolute atomic E-state index is 0.0551. The summed E-state index contributed by atoms with van der Waals surface area (Å²) in [6.45, 7) is 0. The van der Waals surface area contributed by atoms with E-state index in [1.165, 1.54) is 12.1 Å². The standard InChI is InChI=1S/C15H10BrN3O2/c16-10-4-5-14-13(8-10)15(6-7-17-14)18-11-2-1-3-12(9-11)19(20)21/h1-9H,(H,17,18). The van der Waals surface area contributed by atoms with E-state index in [9.17, 15) is 10.1 Å². The molecule has 1 heterocycles. The predicted molar refractivity (Wildman–Crippen MR) is 85.8 cm³/mol. The third-order valence-corrected chi connectivity index (χ3v) is 3.53. The van der Waals surface area contributed by atoms with Gasteiger partial charge < -0.3 is 5.32 Å². The van der Waals surface area contributed by atoms with Gasteiger partial charge in [0.05, 0.1) is 10.4 Å². The molecule has 21 heavy (non-hydrogen) atoms. The number of nitro groups is 1. The van der Waals surface area contributed by atoms with E-state index < -0.39 is 4.92 Å². The van der Waals surface area contributed by atoms with Crippen LogP contribution in [-0.4, -0.2) is 9.91 Å². The van der Waals surface area contributed by atoms with Gasteiger partial charge in [0.25, 0.3) is 5.69 Å². The lowest BCUT2D eigenvalue weighted by Gasteiger charge is -2.09. The maximum atomic E-state index is 10.8. The summed E-state index contributed by atoms with van der Waals surface area (Å²) in [5, 5.41) is 15.0. The number of nitro benzene ring substituents is 1. The van der Waals surface area contributed by atoms with Crippen LogP contribution in [0.1, 0.15) is 0 Å². The van der Waals surface area contributed by atoms with E-state index in [0.717, 1.165) is 21.1 Å². The Kier molecular flexibility index (Phi) is 3.53. The molecule has 0 atom stereocenters. The molecular formula is C15H10BrN3O2. The largest absolute Gasteiger partial charge is 0.355 e. The van der Waals surface area contributed by atoms with Gasteiger partial charge in [-0.2, -0.15) is 0 Å². The number of nitrogens with zero attached hydrogens (tertiary/aromatic N) is 2. The van der Waals surface area contributed by atoms with Crippen molar-refractivity contribution < 1.29 is 4.92 Å². The minimum atomic E-state index is -0.410. The first kappa shape index (κ1) is 13.5. The van der Waals surface area contributed by atoms with Crippen molar-refractivity contribution in [3.05, 3.63) is 69.3 Å². The molecule has 1 aromatic heterocycles. The van der Waals surface area contributed by atoms with Crippen molar-refractivity contribution in [3.63, 3.8) is 0 Å². The van der Waals surface area contributed by atoms with E-state index in [-0.39, 0.29) is 5.69 Å². The van der Waals surface area contributed by atoms with E-state index >= 15 is 0 Å². The molecule has 0 aliphatic heterocycles. The molecule has 0 amide bonds. The maximum Gasteiger partial charge on any atom is 0.271 e. The van der Waals surface area contributed by atoms with Crippen LogP contribution < -0.4 is 5.32 Å². The molecule has 1 N–H and O–H groups in total. The summed E-state index contributed by atoms with van der Waals surface area (Å²) in [5.41, 5.74) is 2.42. The Morgan fingerprint density at radius 3 is 2.81 bits per heavy atom. The van der Waals surface area contributed by atoms with Gasteiger partial charge in [-0.1, -0.05) is 22.0 Å². The van der Waals surface area contributed by atoms with Crippen LogP contribution in [0.3, 0.4) is 0 Å². The van der Waals surface area contributed by atoms with Crippen LogP contribution in [0.2, 0.25) is 0 Å². The van der Waals surface area contributed by atoms with Gasteiger partial charge in [0.1, 0.15) is 0 Å². The Morgan fingerprint density at radius 1 is 1.14 bits per heavy atom.